The second-order valence-corrected chi connectivity index (χ2v) is 7.75. The molecule has 0 radical (unpaired) electrons. The van der Waals surface area contributed by atoms with Crippen molar-refractivity contribution in [1.82, 2.24) is 0 Å². The Kier molecular flexibility index (Phi) is 6.59. The Morgan fingerprint density at radius 1 is 0.882 bits per heavy atom. The lowest BCUT2D eigenvalue weighted by molar-refractivity contribution is -0.118. The average molecular weight is 457 g/mol. The van der Waals surface area contributed by atoms with Crippen molar-refractivity contribution in [2.45, 2.75) is 0 Å². The summed E-state index contributed by atoms with van der Waals surface area (Å²) in [6, 6.07) is 20.2. The van der Waals surface area contributed by atoms with E-state index in [1.807, 2.05) is 31.1 Å². The van der Waals surface area contributed by atoms with Crippen LogP contribution >= 0.6 is 0 Å². The minimum absolute atomic E-state index is 0.146. The Morgan fingerprint density at radius 3 is 2.24 bits per heavy atom. The highest BCUT2D eigenvalue weighted by Gasteiger charge is 2.09. The minimum Gasteiger partial charge on any atom is -0.484 e. The van der Waals surface area contributed by atoms with Crippen molar-refractivity contribution in [3.8, 4) is 5.75 Å². The minimum atomic E-state index is -0.354. The van der Waals surface area contributed by atoms with Gasteiger partial charge in [0.1, 0.15) is 11.3 Å². The molecule has 8 nitrogen and oxygen atoms in total. The van der Waals surface area contributed by atoms with Crippen LogP contribution in [0, 0.1) is 0 Å². The summed E-state index contributed by atoms with van der Waals surface area (Å²) in [7, 11) is 3.87. The zero-order chi connectivity index (χ0) is 24.1. The molecule has 0 aliphatic carbocycles. The first-order chi connectivity index (χ1) is 16.4. The molecule has 0 fully saturated rings. The topological polar surface area (TPSA) is 101 Å². The van der Waals surface area contributed by atoms with Crippen LogP contribution < -0.4 is 25.7 Å². The fourth-order valence-corrected chi connectivity index (χ4v) is 3.25. The van der Waals surface area contributed by atoms with Crippen LogP contribution in [0.4, 0.5) is 17.1 Å². The molecule has 2 amide bonds. The normalized spacial score (nSPS) is 10.5. The van der Waals surface area contributed by atoms with E-state index in [1.165, 1.54) is 12.3 Å². The Labute approximate surface area is 195 Å². The second kappa shape index (κ2) is 9.91. The number of ether oxygens (including phenoxy) is 1. The molecule has 2 N–H and O–H groups in total. The van der Waals surface area contributed by atoms with Crippen molar-refractivity contribution in [2.75, 3.05) is 36.2 Å². The summed E-state index contributed by atoms with van der Waals surface area (Å²) in [6.07, 6.45) is 1.31. The summed E-state index contributed by atoms with van der Waals surface area (Å²) in [5.74, 6) is -0.164. The SMILES string of the molecule is CN(C)c1ccc(C(=O)Nc2ccc(NC(=O)COc3ccc4c(=O)ccoc4c3)cc2)cc1. The molecule has 0 aliphatic rings. The zero-order valence-corrected chi connectivity index (χ0v) is 18.7. The molecule has 4 rings (SSSR count). The van der Waals surface area contributed by atoms with E-state index < -0.39 is 0 Å². The fraction of sp³-hybridized carbons (Fsp3) is 0.115. The maximum atomic E-state index is 12.4. The van der Waals surface area contributed by atoms with Gasteiger partial charge >= 0.3 is 0 Å². The molecule has 0 unspecified atom stereocenters. The van der Waals surface area contributed by atoms with E-state index >= 15 is 0 Å². The van der Waals surface area contributed by atoms with Crippen molar-refractivity contribution in [2.24, 2.45) is 0 Å². The Morgan fingerprint density at radius 2 is 1.56 bits per heavy atom. The molecule has 0 spiro atoms. The summed E-state index contributed by atoms with van der Waals surface area (Å²) < 4.78 is 10.8. The van der Waals surface area contributed by atoms with Crippen LogP contribution in [0.15, 0.2) is 88.3 Å². The predicted octanol–water partition coefficient (Wildman–Crippen LogP) is 4.13. The number of anilines is 3. The number of benzene rings is 3. The van der Waals surface area contributed by atoms with Gasteiger partial charge in [-0.3, -0.25) is 14.4 Å². The van der Waals surface area contributed by atoms with Gasteiger partial charge in [-0.2, -0.15) is 0 Å². The number of amides is 2. The molecule has 1 heterocycles. The van der Waals surface area contributed by atoms with Crippen LogP contribution in [-0.4, -0.2) is 32.5 Å². The average Bonchev–Trinajstić information content (AvgIpc) is 2.84. The molecule has 0 saturated carbocycles. The smallest absolute Gasteiger partial charge is 0.262 e. The van der Waals surface area contributed by atoms with E-state index in [0.29, 0.717) is 33.7 Å². The molecule has 0 aliphatic heterocycles. The van der Waals surface area contributed by atoms with E-state index in [-0.39, 0.29) is 23.9 Å². The Balaban J connectivity index is 1.30. The maximum absolute atomic E-state index is 12.4. The monoisotopic (exact) mass is 457 g/mol. The van der Waals surface area contributed by atoms with Gasteiger partial charge < -0.3 is 24.7 Å². The molecule has 34 heavy (non-hydrogen) atoms. The van der Waals surface area contributed by atoms with Gasteiger partial charge in [0.15, 0.2) is 12.0 Å². The highest BCUT2D eigenvalue weighted by Crippen LogP contribution is 2.19. The second-order valence-electron chi connectivity index (χ2n) is 7.75. The van der Waals surface area contributed by atoms with Crippen molar-refractivity contribution < 1.29 is 18.7 Å². The largest absolute Gasteiger partial charge is 0.484 e. The lowest BCUT2D eigenvalue weighted by Gasteiger charge is -2.13. The highest BCUT2D eigenvalue weighted by molar-refractivity contribution is 6.04. The van der Waals surface area contributed by atoms with Crippen molar-refractivity contribution in [1.29, 1.82) is 0 Å². The zero-order valence-electron chi connectivity index (χ0n) is 18.7. The molecule has 0 atom stereocenters. The third kappa shape index (κ3) is 5.42. The van der Waals surface area contributed by atoms with Gasteiger partial charge in [0.2, 0.25) is 0 Å². The van der Waals surface area contributed by atoms with Gasteiger partial charge in [0.25, 0.3) is 11.8 Å². The molecule has 172 valence electrons. The van der Waals surface area contributed by atoms with Crippen LogP contribution in [0.3, 0.4) is 0 Å². The van der Waals surface area contributed by atoms with Crippen LogP contribution in [-0.2, 0) is 4.79 Å². The molecule has 4 aromatic rings. The van der Waals surface area contributed by atoms with Gasteiger partial charge in [-0.25, -0.2) is 0 Å². The van der Waals surface area contributed by atoms with Crippen molar-refractivity contribution in [3.05, 3.63) is 94.8 Å². The predicted molar refractivity (Wildman–Crippen MR) is 132 cm³/mol. The number of carbonyl (C=O) groups is 2. The van der Waals surface area contributed by atoms with Crippen LogP contribution in [0.5, 0.6) is 5.75 Å². The van der Waals surface area contributed by atoms with E-state index in [2.05, 4.69) is 10.6 Å². The van der Waals surface area contributed by atoms with Gasteiger partial charge in [-0.15, -0.1) is 0 Å². The Bertz CT molecular complexity index is 1380. The van der Waals surface area contributed by atoms with Crippen LogP contribution in [0.2, 0.25) is 0 Å². The van der Waals surface area contributed by atoms with E-state index in [4.69, 9.17) is 9.15 Å². The molecule has 0 saturated heterocycles. The molecule has 3 aromatic carbocycles. The highest BCUT2D eigenvalue weighted by atomic mass is 16.5. The lowest BCUT2D eigenvalue weighted by Crippen LogP contribution is -2.20. The van der Waals surface area contributed by atoms with Crippen molar-refractivity contribution >= 4 is 39.8 Å². The number of nitrogens with zero attached hydrogens (tertiary/aromatic N) is 1. The van der Waals surface area contributed by atoms with Gasteiger partial charge in [0, 0.05) is 48.9 Å². The van der Waals surface area contributed by atoms with Crippen LogP contribution in [0.1, 0.15) is 10.4 Å². The first-order valence-electron chi connectivity index (χ1n) is 10.5. The summed E-state index contributed by atoms with van der Waals surface area (Å²) in [5, 5.41) is 6.01. The summed E-state index contributed by atoms with van der Waals surface area (Å²) in [4.78, 5) is 38.4. The van der Waals surface area contributed by atoms with E-state index in [1.54, 1.807) is 54.6 Å². The third-order valence-electron chi connectivity index (χ3n) is 5.08. The van der Waals surface area contributed by atoms with Gasteiger partial charge in [0.05, 0.1) is 11.6 Å². The first-order valence-corrected chi connectivity index (χ1v) is 10.5. The fourth-order valence-electron chi connectivity index (χ4n) is 3.25. The number of hydrogen-bond donors (Lipinski definition) is 2. The van der Waals surface area contributed by atoms with Gasteiger partial charge in [-0.1, -0.05) is 0 Å². The molecular weight excluding hydrogens is 434 g/mol. The number of fused-ring (bicyclic) bond motifs is 1. The number of nitrogens with one attached hydrogen (secondary N) is 2. The summed E-state index contributed by atoms with van der Waals surface area (Å²) in [6.45, 7) is -0.218. The number of carbonyl (C=O) groups excluding carboxylic acids is 2. The number of rotatable bonds is 7. The maximum Gasteiger partial charge on any atom is 0.262 e. The molecule has 1 aromatic heterocycles. The summed E-state index contributed by atoms with van der Waals surface area (Å²) in [5.41, 5.74) is 2.96. The standard InChI is InChI=1S/C26H23N3O5/c1-29(2)20-9-3-17(4-10-20)26(32)28-19-7-5-18(6-8-19)27-25(31)16-34-21-11-12-22-23(30)13-14-33-24(22)15-21/h3-15H,16H2,1-2H3,(H,27,31)(H,28,32). The number of hydrogen-bond acceptors (Lipinski definition) is 6. The lowest BCUT2D eigenvalue weighted by atomic mass is 10.2. The third-order valence-corrected chi connectivity index (χ3v) is 5.08. The van der Waals surface area contributed by atoms with Crippen molar-refractivity contribution in [3.63, 3.8) is 0 Å². The van der Waals surface area contributed by atoms with Crippen LogP contribution in [0.25, 0.3) is 11.0 Å². The van der Waals surface area contributed by atoms with Gasteiger partial charge in [-0.05, 0) is 60.7 Å². The Hall–Kier alpha value is -4.59. The summed E-state index contributed by atoms with van der Waals surface area (Å²) >= 11 is 0. The van der Waals surface area contributed by atoms with E-state index in [9.17, 15) is 14.4 Å². The molecular formula is C26H23N3O5. The quantitative estimate of drug-likeness (QED) is 0.433. The first kappa shape index (κ1) is 22.6. The molecule has 0 bridgehead atoms. The molecule has 8 heteroatoms. The van der Waals surface area contributed by atoms with E-state index in [0.717, 1.165) is 5.69 Å².